The Balaban J connectivity index is 1.38. The molecule has 11 nitrogen and oxygen atoms in total. The minimum Gasteiger partial charge on any atom is -0.412 e. The lowest BCUT2D eigenvalue weighted by Gasteiger charge is -2.50. The van der Waals surface area contributed by atoms with Crippen molar-refractivity contribution in [1.29, 1.82) is 0 Å². The molecule has 1 aliphatic carbocycles. The van der Waals surface area contributed by atoms with Crippen molar-refractivity contribution in [1.82, 2.24) is 25.0 Å². The Morgan fingerprint density at radius 3 is 2.64 bits per heavy atom. The first-order chi connectivity index (χ1) is 20.6. The van der Waals surface area contributed by atoms with E-state index in [1.165, 1.54) is 23.8 Å². The average molecular weight is 624 g/mol. The minimum atomic E-state index is -4.79. The highest BCUT2D eigenvalue weighted by Crippen LogP contribution is 2.49. The van der Waals surface area contributed by atoms with Crippen LogP contribution >= 0.6 is 0 Å². The molecule has 2 aromatic rings. The van der Waals surface area contributed by atoms with Crippen molar-refractivity contribution in [2.24, 2.45) is 0 Å². The van der Waals surface area contributed by atoms with Gasteiger partial charge in [0.15, 0.2) is 0 Å². The number of rotatable bonds is 6. The predicted molar refractivity (Wildman–Crippen MR) is 147 cm³/mol. The molecule has 238 valence electrons. The SMILES string of the molecule is CCCC1CC2(CCN1C(=O)CNC(=O)c1cc(C(F)(F)F)ccc1F)C(=O)N(C)C(C)(O)N2C1=Cc2[nH]c(=O)oc2CC1. The van der Waals surface area contributed by atoms with Crippen LogP contribution in [0.5, 0.6) is 0 Å². The van der Waals surface area contributed by atoms with Crippen LogP contribution in [0.15, 0.2) is 33.1 Å². The fourth-order valence-electron chi connectivity index (χ4n) is 6.67. The third-order valence-electron chi connectivity index (χ3n) is 8.81. The van der Waals surface area contributed by atoms with Gasteiger partial charge in [0.2, 0.25) is 11.8 Å². The van der Waals surface area contributed by atoms with Crippen molar-refractivity contribution in [3.8, 4) is 0 Å². The number of alkyl halides is 3. The van der Waals surface area contributed by atoms with Crippen LogP contribution in [0.2, 0.25) is 0 Å². The molecule has 1 spiro atoms. The number of amides is 3. The number of halogens is 4. The molecule has 1 aromatic carbocycles. The molecule has 3 heterocycles. The number of nitrogens with one attached hydrogen (secondary N) is 2. The summed E-state index contributed by atoms with van der Waals surface area (Å²) in [4.78, 5) is 58.6. The summed E-state index contributed by atoms with van der Waals surface area (Å²) in [7, 11) is 1.49. The number of piperidine rings is 1. The van der Waals surface area contributed by atoms with Gasteiger partial charge in [0, 0.05) is 45.1 Å². The second-order valence-electron chi connectivity index (χ2n) is 11.5. The molecule has 1 aromatic heterocycles. The van der Waals surface area contributed by atoms with E-state index in [0.717, 1.165) is 0 Å². The number of hydrogen-bond donors (Lipinski definition) is 3. The second-order valence-corrected chi connectivity index (χ2v) is 11.5. The first-order valence-electron chi connectivity index (χ1n) is 14.3. The minimum absolute atomic E-state index is 0.0739. The maximum absolute atomic E-state index is 14.2. The normalized spacial score (nSPS) is 25.4. The highest BCUT2D eigenvalue weighted by Gasteiger charge is 2.64. The molecule has 3 amide bonds. The number of carbonyl (C=O) groups is 3. The Morgan fingerprint density at radius 1 is 1.23 bits per heavy atom. The van der Waals surface area contributed by atoms with Gasteiger partial charge >= 0.3 is 11.9 Å². The lowest BCUT2D eigenvalue weighted by molar-refractivity contribution is -0.161. The Labute approximate surface area is 249 Å². The van der Waals surface area contributed by atoms with Crippen molar-refractivity contribution >= 4 is 23.8 Å². The van der Waals surface area contributed by atoms with E-state index in [2.05, 4.69) is 10.3 Å². The maximum atomic E-state index is 14.2. The van der Waals surface area contributed by atoms with Crippen LogP contribution in [0.3, 0.4) is 0 Å². The maximum Gasteiger partial charge on any atom is 0.416 e. The predicted octanol–water partition coefficient (Wildman–Crippen LogP) is 2.81. The number of aliphatic hydroxyl groups is 1. The molecule has 3 atom stereocenters. The molecule has 3 unspecified atom stereocenters. The van der Waals surface area contributed by atoms with Gasteiger partial charge in [-0.1, -0.05) is 13.3 Å². The van der Waals surface area contributed by atoms with Crippen LogP contribution < -0.4 is 11.1 Å². The molecule has 44 heavy (non-hydrogen) atoms. The van der Waals surface area contributed by atoms with Crippen molar-refractivity contribution in [2.75, 3.05) is 20.1 Å². The molecule has 0 radical (unpaired) electrons. The quantitative estimate of drug-likeness (QED) is 0.421. The van der Waals surface area contributed by atoms with Crippen LogP contribution in [0.1, 0.15) is 73.3 Å². The van der Waals surface area contributed by atoms with E-state index < -0.39 is 64.7 Å². The molecule has 2 aliphatic heterocycles. The summed E-state index contributed by atoms with van der Waals surface area (Å²) in [5.41, 5.74) is -2.20. The molecule has 0 saturated carbocycles. The van der Waals surface area contributed by atoms with Gasteiger partial charge < -0.3 is 24.6 Å². The number of likely N-dealkylation sites (tertiary alicyclic amines) is 1. The summed E-state index contributed by atoms with van der Waals surface area (Å²) in [5, 5.41) is 13.8. The number of aryl methyl sites for hydroxylation is 1. The summed E-state index contributed by atoms with van der Waals surface area (Å²) >= 11 is 0. The number of fused-ring (bicyclic) bond motifs is 1. The van der Waals surface area contributed by atoms with Crippen LogP contribution in [0.4, 0.5) is 17.6 Å². The first-order valence-corrected chi connectivity index (χ1v) is 14.3. The fraction of sp³-hybridized carbons (Fsp3) is 0.517. The Hall–Kier alpha value is -4.14. The van der Waals surface area contributed by atoms with Crippen molar-refractivity contribution in [2.45, 2.75) is 76.0 Å². The summed E-state index contributed by atoms with van der Waals surface area (Å²) in [6.07, 6.45) is -0.965. The van der Waals surface area contributed by atoms with E-state index in [0.29, 0.717) is 61.0 Å². The van der Waals surface area contributed by atoms with Gasteiger partial charge in [-0.15, -0.1) is 0 Å². The number of H-pyrrole nitrogens is 1. The highest BCUT2D eigenvalue weighted by molar-refractivity contribution is 5.97. The van der Waals surface area contributed by atoms with Gasteiger partial charge in [-0.3, -0.25) is 24.3 Å². The number of oxazole rings is 1. The van der Waals surface area contributed by atoms with Crippen LogP contribution in [-0.2, 0) is 22.2 Å². The van der Waals surface area contributed by atoms with Crippen LogP contribution in [-0.4, -0.2) is 80.1 Å². The standard InChI is InChI=1S/C29H33F4N5O6/c1-4-5-18-14-28(25(41)36(3)27(2,43)38(28)17-7-9-22-21(13-17)35-26(42)44-22)10-11-37(18)23(39)15-34-24(40)19-12-16(29(31,32)33)6-8-20(19)30/h6,8,12-13,18,43H,4-5,7,9-11,14-15H2,1-3H3,(H,34,40)(H,35,42). The summed E-state index contributed by atoms with van der Waals surface area (Å²) in [6, 6.07) is 0.967. The Bertz CT molecular complexity index is 1580. The Kier molecular flexibility index (Phi) is 7.89. The molecule has 2 fully saturated rings. The zero-order valence-corrected chi connectivity index (χ0v) is 24.4. The van der Waals surface area contributed by atoms with E-state index in [-0.39, 0.29) is 25.3 Å². The topological polar surface area (TPSA) is 139 Å². The molecule has 2 saturated heterocycles. The smallest absolute Gasteiger partial charge is 0.412 e. The number of aromatic nitrogens is 1. The molecular formula is C29H33F4N5O6. The van der Waals surface area contributed by atoms with Crippen molar-refractivity contribution < 1.29 is 41.5 Å². The molecule has 3 N–H and O–H groups in total. The van der Waals surface area contributed by atoms with Crippen LogP contribution in [0, 0.1) is 5.82 Å². The number of nitrogens with zero attached hydrogens (tertiary/aromatic N) is 3. The van der Waals surface area contributed by atoms with Gasteiger partial charge in [0.25, 0.3) is 11.8 Å². The van der Waals surface area contributed by atoms with Crippen molar-refractivity contribution in [3.63, 3.8) is 0 Å². The molecule has 0 bridgehead atoms. The lowest BCUT2D eigenvalue weighted by atomic mass is 9.79. The number of likely N-dealkylation sites (N-methyl/N-ethyl adjacent to an activating group) is 1. The van der Waals surface area contributed by atoms with Crippen LogP contribution in [0.25, 0.3) is 6.08 Å². The molecule has 3 aliphatic rings. The molecule has 15 heteroatoms. The number of hydrogen-bond acceptors (Lipinski definition) is 7. The lowest BCUT2D eigenvalue weighted by Crippen LogP contribution is -2.63. The Morgan fingerprint density at radius 2 is 1.95 bits per heavy atom. The number of aromatic amines is 1. The monoisotopic (exact) mass is 623 g/mol. The number of carbonyl (C=O) groups excluding carboxylic acids is 3. The number of benzene rings is 1. The zero-order valence-electron chi connectivity index (χ0n) is 24.4. The fourth-order valence-corrected chi connectivity index (χ4v) is 6.67. The van der Waals surface area contributed by atoms with E-state index >= 15 is 0 Å². The molecular weight excluding hydrogens is 590 g/mol. The summed E-state index contributed by atoms with van der Waals surface area (Å²) in [6.45, 7) is 2.88. The van der Waals surface area contributed by atoms with E-state index in [4.69, 9.17) is 4.42 Å². The summed E-state index contributed by atoms with van der Waals surface area (Å²) in [5.74, 6) is -5.07. The van der Waals surface area contributed by atoms with Crippen molar-refractivity contribution in [3.05, 3.63) is 62.8 Å². The third-order valence-corrected chi connectivity index (χ3v) is 8.81. The van der Waals surface area contributed by atoms with Gasteiger partial charge in [-0.05, 0) is 43.5 Å². The number of allylic oxidation sites excluding steroid dienone is 1. The van der Waals surface area contributed by atoms with E-state index in [9.17, 15) is 41.8 Å². The van der Waals surface area contributed by atoms with Gasteiger partial charge in [-0.25, -0.2) is 9.18 Å². The van der Waals surface area contributed by atoms with Gasteiger partial charge in [0.1, 0.15) is 17.1 Å². The first kappa shape index (κ1) is 31.3. The summed E-state index contributed by atoms with van der Waals surface area (Å²) < 4.78 is 58.7. The largest absolute Gasteiger partial charge is 0.416 e. The zero-order chi connectivity index (χ0) is 32.2. The van der Waals surface area contributed by atoms with E-state index in [1.54, 1.807) is 11.0 Å². The second kappa shape index (κ2) is 11.1. The molecule has 5 rings (SSSR count). The van der Waals surface area contributed by atoms with Gasteiger partial charge in [-0.2, -0.15) is 13.2 Å². The average Bonchev–Trinajstić information content (AvgIpc) is 3.39. The van der Waals surface area contributed by atoms with E-state index in [1.807, 2.05) is 6.92 Å². The highest BCUT2D eigenvalue weighted by atomic mass is 19.4. The third kappa shape index (κ3) is 5.26. The van der Waals surface area contributed by atoms with Gasteiger partial charge in [0.05, 0.1) is 23.4 Å².